The Kier molecular flexibility index (Phi) is 6.48. The Morgan fingerprint density at radius 2 is 1.62 bits per heavy atom. The Morgan fingerprint density at radius 3 is 2.28 bits per heavy atom. The Balaban J connectivity index is 1.58. The molecule has 3 aromatic carbocycles. The molecule has 2 aliphatic rings. The monoisotopic (exact) mass is 540 g/mol. The third kappa shape index (κ3) is 4.21. The van der Waals surface area contributed by atoms with Crippen LogP contribution in [-0.2, 0) is 6.42 Å². The fourth-order valence-corrected chi connectivity index (χ4v) is 6.45. The third-order valence-electron chi connectivity index (χ3n) is 7.29. The van der Waals surface area contributed by atoms with Crippen molar-refractivity contribution in [3.05, 3.63) is 108 Å². The molecule has 7 nitrogen and oxygen atoms in total. The molecule has 1 atom stereocenters. The van der Waals surface area contributed by atoms with Crippen molar-refractivity contribution in [3.63, 3.8) is 0 Å². The van der Waals surface area contributed by atoms with Gasteiger partial charge in [-0.3, -0.25) is 9.36 Å². The highest BCUT2D eigenvalue weighted by Crippen LogP contribution is 2.42. The van der Waals surface area contributed by atoms with Gasteiger partial charge in [-0.2, -0.15) is 0 Å². The summed E-state index contributed by atoms with van der Waals surface area (Å²) in [6, 6.07) is 19.8. The first-order valence-electron chi connectivity index (χ1n) is 12.6. The number of benzene rings is 3. The SMILES string of the molecule is COc1ccc([C@@H]2C3=C(N=c4s/c(=C/c5cc(OC)c(OC)c(OC)c5)c(=O)n42)c2ccccc2CC3)cc1. The maximum atomic E-state index is 14.0. The maximum Gasteiger partial charge on any atom is 0.271 e. The molecule has 0 fully saturated rings. The van der Waals surface area contributed by atoms with Crippen LogP contribution in [0.25, 0.3) is 11.8 Å². The van der Waals surface area contributed by atoms with Crippen LogP contribution in [0.2, 0.25) is 0 Å². The lowest BCUT2D eigenvalue weighted by Crippen LogP contribution is -2.38. The van der Waals surface area contributed by atoms with Gasteiger partial charge < -0.3 is 18.9 Å². The van der Waals surface area contributed by atoms with E-state index in [9.17, 15) is 4.79 Å². The van der Waals surface area contributed by atoms with Gasteiger partial charge in [-0.05, 0) is 65.4 Å². The second kappa shape index (κ2) is 10.1. The lowest BCUT2D eigenvalue weighted by Gasteiger charge is -2.30. The van der Waals surface area contributed by atoms with E-state index in [1.54, 1.807) is 28.4 Å². The standard InChI is InChI=1S/C31H28N2O5S/c1-35-21-12-9-20(10-13-21)28-23-14-11-19-7-5-6-8-22(19)27(23)32-31-33(28)30(34)26(39-31)17-18-15-24(36-2)29(38-4)25(16-18)37-3/h5-10,12-13,15-17,28H,11,14H2,1-4H3/b26-17+/t28-/m1/s1. The molecule has 0 radical (unpaired) electrons. The zero-order valence-electron chi connectivity index (χ0n) is 22.2. The van der Waals surface area contributed by atoms with Gasteiger partial charge in [0.25, 0.3) is 5.56 Å². The number of thiazole rings is 1. The van der Waals surface area contributed by atoms with E-state index in [2.05, 4.69) is 18.2 Å². The normalized spacial score (nSPS) is 16.1. The smallest absolute Gasteiger partial charge is 0.271 e. The van der Waals surface area contributed by atoms with Gasteiger partial charge in [0.2, 0.25) is 5.75 Å². The summed E-state index contributed by atoms with van der Waals surface area (Å²) in [4.78, 5) is 19.8. The molecular formula is C31H28N2O5S. The molecule has 198 valence electrons. The van der Waals surface area contributed by atoms with Gasteiger partial charge >= 0.3 is 0 Å². The summed E-state index contributed by atoms with van der Waals surface area (Å²) in [6.07, 6.45) is 3.60. The van der Waals surface area contributed by atoms with Crippen molar-refractivity contribution in [3.8, 4) is 23.0 Å². The quantitative estimate of drug-likeness (QED) is 0.364. The molecule has 0 N–H and O–H groups in total. The summed E-state index contributed by atoms with van der Waals surface area (Å²) in [6.45, 7) is 0. The van der Waals surface area contributed by atoms with E-state index in [-0.39, 0.29) is 11.6 Å². The van der Waals surface area contributed by atoms with Crippen LogP contribution in [0.5, 0.6) is 23.0 Å². The highest BCUT2D eigenvalue weighted by molar-refractivity contribution is 7.07. The van der Waals surface area contributed by atoms with Crippen LogP contribution >= 0.6 is 11.3 Å². The molecule has 0 unspecified atom stereocenters. The first kappa shape index (κ1) is 25.0. The topological polar surface area (TPSA) is 71.3 Å². The second-order valence-electron chi connectivity index (χ2n) is 9.35. The zero-order valence-corrected chi connectivity index (χ0v) is 23.0. The fourth-order valence-electron chi connectivity index (χ4n) is 5.44. The van der Waals surface area contributed by atoms with Crippen LogP contribution in [0, 0.1) is 0 Å². The summed E-state index contributed by atoms with van der Waals surface area (Å²) >= 11 is 1.39. The van der Waals surface area contributed by atoms with Crippen LogP contribution in [0.15, 0.2) is 76.0 Å². The Morgan fingerprint density at radius 1 is 0.897 bits per heavy atom. The average Bonchev–Trinajstić information content (AvgIpc) is 3.29. The molecule has 1 aliphatic carbocycles. The number of fused-ring (bicyclic) bond motifs is 3. The van der Waals surface area contributed by atoms with Crippen molar-refractivity contribution in [1.29, 1.82) is 0 Å². The molecule has 0 saturated carbocycles. The number of methoxy groups -OCH3 is 4. The number of aromatic nitrogens is 1. The van der Waals surface area contributed by atoms with Gasteiger partial charge in [-0.1, -0.05) is 47.7 Å². The van der Waals surface area contributed by atoms with Crippen LogP contribution in [0.4, 0.5) is 0 Å². The number of nitrogens with zero attached hydrogens (tertiary/aromatic N) is 2. The van der Waals surface area contributed by atoms with Crippen LogP contribution in [-0.4, -0.2) is 33.0 Å². The minimum absolute atomic E-state index is 0.0845. The van der Waals surface area contributed by atoms with E-state index in [1.807, 2.05) is 53.1 Å². The highest BCUT2D eigenvalue weighted by atomic mass is 32.1. The predicted octanol–water partition coefficient (Wildman–Crippen LogP) is 4.35. The number of allylic oxidation sites excluding steroid dienone is 1. The number of hydrogen-bond acceptors (Lipinski definition) is 7. The van der Waals surface area contributed by atoms with Crippen molar-refractivity contribution < 1.29 is 18.9 Å². The van der Waals surface area contributed by atoms with Crippen molar-refractivity contribution in [2.24, 2.45) is 4.99 Å². The summed E-state index contributed by atoms with van der Waals surface area (Å²) in [5.74, 6) is 2.33. The Hall–Kier alpha value is -4.30. The predicted molar refractivity (Wildman–Crippen MR) is 152 cm³/mol. The minimum atomic E-state index is -0.252. The largest absolute Gasteiger partial charge is 0.497 e. The molecule has 39 heavy (non-hydrogen) atoms. The number of rotatable bonds is 6. The summed E-state index contributed by atoms with van der Waals surface area (Å²) in [7, 11) is 6.37. The highest BCUT2D eigenvalue weighted by Gasteiger charge is 2.32. The molecule has 0 spiro atoms. The molecule has 2 heterocycles. The molecule has 1 aliphatic heterocycles. The molecule has 4 aromatic rings. The number of ether oxygens (including phenoxy) is 4. The first-order valence-corrected chi connectivity index (χ1v) is 13.4. The van der Waals surface area contributed by atoms with E-state index >= 15 is 0 Å². The molecule has 1 aromatic heterocycles. The van der Waals surface area contributed by atoms with Gasteiger partial charge in [0.1, 0.15) is 5.75 Å². The Bertz CT molecular complexity index is 1760. The van der Waals surface area contributed by atoms with E-state index in [1.165, 1.54) is 16.9 Å². The van der Waals surface area contributed by atoms with Gasteiger partial charge in [-0.25, -0.2) is 4.99 Å². The lowest BCUT2D eigenvalue weighted by atomic mass is 9.83. The Labute approximate surface area is 229 Å². The van der Waals surface area contributed by atoms with E-state index in [0.717, 1.165) is 46.6 Å². The molecule has 0 bridgehead atoms. The number of aryl methyl sites for hydroxylation is 1. The maximum absolute atomic E-state index is 14.0. The van der Waals surface area contributed by atoms with E-state index in [0.29, 0.717) is 26.6 Å². The van der Waals surface area contributed by atoms with Gasteiger partial charge in [0.15, 0.2) is 16.3 Å². The third-order valence-corrected chi connectivity index (χ3v) is 8.27. The zero-order chi connectivity index (χ0) is 27.1. The van der Waals surface area contributed by atoms with Gasteiger partial charge in [-0.15, -0.1) is 0 Å². The van der Waals surface area contributed by atoms with Crippen molar-refractivity contribution >= 4 is 23.1 Å². The van der Waals surface area contributed by atoms with E-state index in [4.69, 9.17) is 23.9 Å². The van der Waals surface area contributed by atoms with Crippen LogP contribution in [0.3, 0.4) is 0 Å². The lowest BCUT2D eigenvalue weighted by molar-refractivity contribution is 0.324. The summed E-state index contributed by atoms with van der Waals surface area (Å²) < 4.78 is 24.3. The summed E-state index contributed by atoms with van der Waals surface area (Å²) in [5, 5.41) is 0. The molecular weight excluding hydrogens is 512 g/mol. The van der Waals surface area contributed by atoms with Crippen molar-refractivity contribution in [2.45, 2.75) is 18.9 Å². The van der Waals surface area contributed by atoms with E-state index < -0.39 is 0 Å². The van der Waals surface area contributed by atoms with Crippen LogP contribution in [0.1, 0.15) is 34.7 Å². The molecule has 8 heteroatoms. The fraction of sp³-hybridized carbons (Fsp3) is 0.226. The van der Waals surface area contributed by atoms with Crippen molar-refractivity contribution in [2.75, 3.05) is 28.4 Å². The van der Waals surface area contributed by atoms with Crippen LogP contribution < -0.4 is 33.8 Å². The average molecular weight is 541 g/mol. The molecule has 6 rings (SSSR count). The minimum Gasteiger partial charge on any atom is -0.497 e. The number of hydrogen-bond donors (Lipinski definition) is 0. The van der Waals surface area contributed by atoms with Gasteiger partial charge in [0, 0.05) is 5.56 Å². The summed E-state index contributed by atoms with van der Waals surface area (Å²) in [5.41, 5.74) is 6.26. The second-order valence-corrected chi connectivity index (χ2v) is 10.4. The van der Waals surface area contributed by atoms with Crippen molar-refractivity contribution in [1.82, 2.24) is 4.57 Å². The molecule has 0 amide bonds. The first-order chi connectivity index (χ1) is 19.1. The molecule has 0 saturated heterocycles. The van der Waals surface area contributed by atoms with Gasteiger partial charge in [0.05, 0.1) is 44.7 Å².